The first-order valence-electron chi connectivity index (χ1n) is 9.92. The summed E-state index contributed by atoms with van der Waals surface area (Å²) in [7, 11) is 0. The van der Waals surface area contributed by atoms with Crippen LogP contribution >= 0.6 is 0 Å². The van der Waals surface area contributed by atoms with E-state index in [1.165, 1.54) is 0 Å². The standard InChI is InChI=1S/C23H21N5O4/c1-13-18(14(2)28(27-13)17-10-5-4-6-11-17)19(29)20(30)24-16-9-7-8-15(12-16)23(3)21(31)25-22(32)26-23/h4-12H,1-3H3,(H,24,30)(H2,25,26,31,32). The highest BCUT2D eigenvalue weighted by molar-refractivity contribution is 6.47. The quantitative estimate of drug-likeness (QED) is 0.325. The number of nitrogens with zero attached hydrogens (tertiary/aromatic N) is 2. The molecule has 0 radical (unpaired) electrons. The third-order valence-corrected chi connectivity index (χ3v) is 5.47. The number of aryl methyl sites for hydroxylation is 1. The van der Waals surface area contributed by atoms with E-state index < -0.39 is 29.2 Å². The summed E-state index contributed by atoms with van der Waals surface area (Å²) in [6, 6.07) is 15.1. The Labute approximate surface area is 183 Å². The van der Waals surface area contributed by atoms with E-state index in [4.69, 9.17) is 0 Å². The van der Waals surface area contributed by atoms with Gasteiger partial charge in [-0.25, -0.2) is 9.48 Å². The van der Waals surface area contributed by atoms with Gasteiger partial charge in [0, 0.05) is 5.69 Å². The summed E-state index contributed by atoms with van der Waals surface area (Å²) in [5, 5.41) is 11.8. The van der Waals surface area contributed by atoms with E-state index in [1.807, 2.05) is 30.3 Å². The zero-order chi connectivity index (χ0) is 23.0. The van der Waals surface area contributed by atoms with Crippen LogP contribution in [0.3, 0.4) is 0 Å². The summed E-state index contributed by atoms with van der Waals surface area (Å²) in [6.07, 6.45) is 0. The summed E-state index contributed by atoms with van der Waals surface area (Å²) < 4.78 is 1.62. The van der Waals surface area contributed by atoms with Crippen molar-refractivity contribution in [2.45, 2.75) is 26.3 Å². The smallest absolute Gasteiger partial charge is 0.320 e. The molecular weight excluding hydrogens is 410 g/mol. The zero-order valence-corrected chi connectivity index (χ0v) is 17.7. The SMILES string of the molecule is Cc1nn(-c2ccccc2)c(C)c1C(=O)C(=O)Nc1cccc(C2(C)NC(=O)NC2=O)c1. The maximum Gasteiger partial charge on any atom is 0.322 e. The molecule has 1 atom stereocenters. The van der Waals surface area contributed by atoms with Crippen LogP contribution in [0.4, 0.5) is 10.5 Å². The molecule has 1 aliphatic heterocycles. The van der Waals surface area contributed by atoms with E-state index in [0.717, 1.165) is 5.69 Å². The van der Waals surface area contributed by atoms with Gasteiger partial charge in [0.1, 0.15) is 5.54 Å². The Bertz CT molecular complexity index is 1260. The molecule has 1 fully saturated rings. The highest BCUT2D eigenvalue weighted by Crippen LogP contribution is 2.27. The largest absolute Gasteiger partial charge is 0.322 e. The average molecular weight is 431 g/mol. The second kappa shape index (κ2) is 7.77. The van der Waals surface area contributed by atoms with E-state index in [1.54, 1.807) is 49.7 Å². The van der Waals surface area contributed by atoms with Crippen LogP contribution in [-0.4, -0.2) is 33.4 Å². The van der Waals surface area contributed by atoms with Crippen molar-refractivity contribution in [2.75, 3.05) is 5.32 Å². The lowest BCUT2D eigenvalue weighted by Gasteiger charge is -2.21. The molecule has 1 aromatic heterocycles. The van der Waals surface area contributed by atoms with E-state index in [9.17, 15) is 19.2 Å². The third-order valence-electron chi connectivity index (χ3n) is 5.47. The normalized spacial score (nSPS) is 17.6. The molecule has 0 bridgehead atoms. The van der Waals surface area contributed by atoms with Crippen molar-refractivity contribution < 1.29 is 19.2 Å². The van der Waals surface area contributed by atoms with Gasteiger partial charge < -0.3 is 10.6 Å². The lowest BCUT2D eigenvalue weighted by Crippen LogP contribution is -2.40. The number of carbonyl (C=O) groups is 4. The monoisotopic (exact) mass is 431 g/mol. The van der Waals surface area contributed by atoms with Gasteiger partial charge in [-0.05, 0) is 50.6 Å². The van der Waals surface area contributed by atoms with Crippen LogP contribution in [0.2, 0.25) is 0 Å². The van der Waals surface area contributed by atoms with Crippen molar-refractivity contribution in [3.8, 4) is 5.69 Å². The van der Waals surface area contributed by atoms with Crippen LogP contribution in [0.5, 0.6) is 0 Å². The molecular formula is C23H21N5O4. The van der Waals surface area contributed by atoms with Crippen molar-refractivity contribution >= 4 is 29.3 Å². The molecule has 1 unspecified atom stereocenters. The maximum atomic E-state index is 12.9. The Morgan fingerprint density at radius 3 is 2.41 bits per heavy atom. The van der Waals surface area contributed by atoms with Crippen LogP contribution in [0, 0.1) is 13.8 Å². The van der Waals surface area contributed by atoms with E-state index in [0.29, 0.717) is 22.6 Å². The van der Waals surface area contributed by atoms with Gasteiger partial charge in [0.05, 0.1) is 22.6 Å². The van der Waals surface area contributed by atoms with Gasteiger partial charge >= 0.3 is 6.03 Å². The summed E-state index contributed by atoms with van der Waals surface area (Å²) in [4.78, 5) is 49.4. The number of hydrogen-bond donors (Lipinski definition) is 3. The lowest BCUT2D eigenvalue weighted by molar-refractivity contribution is -0.123. The number of anilines is 1. The van der Waals surface area contributed by atoms with E-state index in [2.05, 4.69) is 21.0 Å². The molecule has 162 valence electrons. The predicted molar refractivity (Wildman–Crippen MR) is 116 cm³/mol. The first kappa shape index (κ1) is 21.0. The molecule has 3 aromatic rings. The number of Topliss-reactive ketones (excluding diaryl/α,β-unsaturated/α-hetero) is 1. The Hall–Kier alpha value is -4.27. The minimum Gasteiger partial charge on any atom is -0.320 e. The Morgan fingerprint density at radius 2 is 1.75 bits per heavy atom. The molecule has 4 amide bonds. The average Bonchev–Trinajstić information content (AvgIpc) is 3.22. The van der Waals surface area contributed by atoms with Crippen LogP contribution in [0.1, 0.15) is 34.2 Å². The van der Waals surface area contributed by atoms with Gasteiger partial charge in [0.15, 0.2) is 0 Å². The molecule has 32 heavy (non-hydrogen) atoms. The topological polar surface area (TPSA) is 122 Å². The summed E-state index contributed by atoms with van der Waals surface area (Å²) in [6.45, 7) is 4.97. The summed E-state index contributed by atoms with van der Waals surface area (Å²) >= 11 is 0. The minimum atomic E-state index is -1.27. The molecule has 2 heterocycles. The molecule has 0 spiro atoms. The number of para-hydroxylation sites is 1. The number of rotatable bonds is 5. The third kappa shape index (κ3) is 3.53. The highest BCUT2D eigenvalue weighted by Gasteiger charge is 2.43. The highest BCUT2D eigenvalue weighted by atomic mass is 16.2. The lowest BCUT2D eigenvalue weighted by atomic mass is 9.92. The second-order valence-corrected chi connectivity index (χ2v) is 7.69. The Kier molecular flexibility index (Phi) is 5.09. The molecule has 1 saturated heterocycles. The van der Waals surface area contributed by atoms with Crippen molar-refractivity contribution in [2.24, 2.45) is 0 Å². The second-order valence-electron chi connectivity index (χ2n) is 7.69. The number of aromatic nitrogens is 2. The first-order chi connectivity index (χ1) is 15.2. The first-order valence-corrected chi connectivity index (χ1v) is 9.92. The van der Waals surface area contributed by atoms with Gasteiger partial charge in [-0.2, -0.15) is 5.10 Å². The fourth-order valence-corrected chi connectivity index (χ4v) is 3.75. The number of carbonyl (C=O) groups excluding carboxylic acids is 4. The van der Waals surface area contributed by atoms with Crippen molar-refractivity contribution in [3.05, 3.63) is 77.1 Å². The summed E-state index contributed by atoms with van der Waals surface area (Å²) in [5.41, 5.74) is 1.53. The predicted octanol–water partition coefficient (Wildman–Crippen LogP) is 2.37. The molecule has 3 N–H and O–H groups in total. The van der Waals surface area contributed by atoms with Crippen molar-refractivity contribution in [3.63, 3.8) is 0 Å². The van der Waals surface area contributed by atoms with Crippen molar-refractivity contribution in [1.82, 2.24) is 20.4 Å². The Balaban J connectivity index is 1.58. The number of amides is 4. The van der Waals surface area contributed by atoms with Gasteiger partial charge in [-0.1, -0.05) is 30.3 Å². The van der Waals surface area contributed by atoms with Gasteiger partial charge in [0.2, 0.25) is 0 Å². The number of benzene rings is 2. The summed E-state index contributed by atoms with van der Waals surface area (Å²) in [5.74, 6) is -2.04. The van der Waals surface area contributed by atoms with Crippen LogP contribution in [0.15, 0.2) is 54.6 Å². The minimum absolute atomic E-state index is 0.233. The van der Waals surface area contributed by atoms with Crippen LogP contribution < -0.4 is 16.0 Å². The van der Waals surface area contributed by atoms with Crippen LogP contribution in [-0.2, 0) is 15.1 Å². The fourth-order valence-electron chi connectivity index (χ4n) is 3.75. The van der Waals surface area contributed by atoms with Crippen LogP contribution in [0.25, 0.3) is 5.69 Å². The number of ketones is 1. The molecule has 9 nitrogen and oxygen atoms in total. The molecule has 0 aliphatic carbocycles. The molecule has 2 aromatic carbocycles. The number of hydrogen-bond acceptors (Lipinski definition) is 5. The number of urea groups is 1. The Morgan fingerprint density at radius 1 is 1.03 bits per heavy atom. The molecule has 0 saturated carbocycles. The number of imide groups is 1. The van der Waals surface area contributed by atoms with Gasteiger partial charge in [-0.3, -0.25) is 19.7 Å². The van der Waals surface area contributed by atoms with Crippen molar-refractivity contribution in [1.29, 1.82) is 0 Å². The van der Waals surface area contributed by atoms with E-state index >= 15 is 0 Å². The molecule has 1 aliphatic rings. The van der Waals surface area contributed by atoms with E-state index in [-0.39, 0.29) is 5.56 Å². The number of nitrogens with one attached hydrogen (secondary N) is 3. The fraction of sp³-hybridized carbons (Fsp3) is 0.174. The van der Waals surface area contributed by atoms with Gasteiger partial charge in [0.25, 0.3) is 17.6 Å². The maximum absolute atomic E-state index is 12.9. The molecule has 4 rings (SSSR count). The molecule has 9 heteroatoms. The van der Waals surface area contributed by atoms with Gasteiger partial charge in [-0.15, -0.1) is 0 Å². The zero-order valence-electron chi connectivity index (χ0n) is 17.7.